The number of piperazine rings is 1. The lowest BCUT2D eigenvalue weighted by atomic mass is 10.2. The van der Waals surface area contributed by atoms with E-state index in [4.69, 9.17) is 0 Å². The molecule has 20 heavy (non-hydrogen) atoms. The Labute approximate surface area is 119 Å². The largest absolute Gasteiger partial charge is 0.469 e. The second-order valence-corrected chi connectivity index (χ2v) is 4.89. The first kappa shape index (κ1) is 14.5. The molecule has 0 saturated carbocycles. The number of nitrogens with zero attached hydrogens (tertiary/aromatic N) is 2. The van der Waals surface area contributed by atoms with Crippen LogP contribution in [-0.4, -0.2) is 56.5 Å². The van der Waals surface area contributed by atoms with Crippen molar-refractivity contribution >= 4 is 17.4 Å². The highest BCUT2D eigenvalue weighted by Gasteiger charge is 2.20. The van der Waals surface area contributed by atoms with Gasteiger partial charge in [-0.3, -0.25) is 14.5 Å². The lowest BCUT2D eigenvalue weighted by Crippen LogP contribution is -2.48. The molecule has 0 N–H and O–H groups in total. The van der Waals surface area contributed by atoms with Gasteiger partial charge in [0, 0.05) is 31.9 Å². The van der Waals surface area contributed by atoms with E-state index in [2.05, 4.69) is 26.7 Å². The van der Waals surface area contributed by atoms with E-state index in [1.54, 1.807) is 0 Å². The van der Waals surface area contributed by atoms with Gasteiger partial charge in [-0.15, -0.1) is 0 Å². The summed E-state index contributed by atoms with van der Waals surface area (Å²) < 4.78 is 4.50. The Morgan fingerprint density at radius 1 is 1.10 bits per heavy atom. The van der Waals surface area contributed by atoms with Gasteiger partial charge in [-0.05, 0) is 12.1 Å². The van der Waals surface area contributed by atoms with Crippen molar-refractivity contribution in [2.45, 2.75) is 6.42 Å². The van der Waals surface area contributed by atoms with E-state index >= 15 is 0 Å². The third-order valence-electron chi connectivity index (χ3n) is 3.46. The maximum Gasteiger partial charge on any atom is 0.313 e. The first-order valence-corrected chi connectivity index (χ1v) is 6.80. The zero-order valence-electron chi connectivity index (χ0n) is 11.7. The van der Waals surface area contributed by atoms with Crippen LogP contribution in [0.1, 0.15) is 6.42 Å². The summed E-state index contributed by atoms with van der Waals surface area (Å²) in [6.45, 7) is 3.80. The summed E-state index contributed by atoms with van der Waals surface area (Å²) in [5.41, 5.74) is 1.22. The maximum atomic E-state index is 11.7. The Kier molecular flexibility index (Phi) is 5.12. The Balaban J connectivity index is 1.77. The van der Waals surface area contributed by atoms with E-state index < -0.39 is 5.97 Å². The first-order chi connectivity index (χ1) is 9.69. The van der Waals surface area contributed by atoms with Crippen LogP contribution < -0.4 is 4.90 Å². The molecule has 0 aromatic heterocycles. The average molecular weight is 276 g/mol. The number of rotatable bonds is 5. The number of Topliss-reactive ketones (excluding diaryl/α,β-unsaturated/α-hetero) is 1. The molecule has 108 valence electrons. The maximum absolute atomic E-state index is 11.7. The molecule has 1 aliphatic rings. The van der Waals surface area contributed by atoms with Crippen molar-refractivity contribution in [1.29, 1.82) is 0 Å². The SMILES string of the molecule is COC(=O)CC(=O)CN1CCN(c2ccccc2)CC1. The molecule has 5 heteroatoms. The summed E-state index contributed by atoms with van der Waals surface area (Å²) >= 11 is 0. The van der Waals surface area contributed by atoms with Gasteiger partial charge >= 0.3 is 5.97 Å². The van der Waals surface area contributed by atoms with Gasteiger partial charge in [0.05, 0.1) is 13.7 Å². The second-order valence-electron chi connectivity index (χ2n) is 4.89. The van der Waals surface area contributed by atoms with Crippen LogP contribution in [0.3, 0.4) is 0 Å². The summed E-state index contributed by atoms with van der Waals surface area (Å²) in [4.78, 5) is 27.1. The number of methoxy groups -OCH3 is 1. The number of para-hydroxylation sites is 1. The van der Waals surface area contributed by atoms with Gasteiger partial charge < -0.3 is 9.64 Å². The van der Waals surface area contributed by atoms with Crippen molar-refractivity contribution in [1.82, 2.24) is 4.90 Å². The number of ketones is 1. The summed E-state index contributed by atoms with van der Waals surface area (Å²) in [6, 6.07) is 10.3. The van der Waals surface area contributed by atoms with Crippen LogP contribution in [0.15, 0.2) is 30.3 Å². The molecule has 1 aliphatic heterocycles. The number of anilines is 1. The molecule has 2 rings (SSSR count). The average Bonchev–Trinajstić information content (AvgIpc) is 2.48. The third-order valence-corrected chi connectivity index (χ3v) is 3.46. The number of carbonyl (C=O) groups excluding carboxylic acids is 2. The van der Waals surface area contributed by atoms with Crippen LogP contribution in [-0.2, 0) is 14.3 Å². The predicted molar refractivity (Wildman–Crippen MR) is 76.7 cm³/mol. The van der Waals surface area contributed by atoms with Gasteiger partial charge in [0.2, 0.25) is 0 Å². The zero-order valence-corrected chi connectivity index (χ0v) is 11.7. The highest BCUT2D eigenvalue weighted by molar-refractivity contribution is 5.96. The summed E-state index contributed by atoms with van der Waals surface area (Å²) in [5.74, 6) is -0.539. The van der Waals surface area contributed by atoms with Crippen molar-refractivity contribution in [3.63, 3.8) is 0 Å². The minimum atomic E-state index is -0.460. The van der Waals surface area contributed by atoms with Crippen molar-refractivity contribution < 1.29 is 14.3 Å². The fraction of sp³-hybridized carbons (Fsp3) is 0.467. The number of ether oxygens (including phenoxy) is 1. The normalized spacial score (nSPS) is 15.9. The van der Waals surface area contributed by atoms with Crippen LogP contribution in [0.25, 0.3) is 0 Å². The van der Waals surface area contributed by atoms with Crippen LogP contribution in [0.5, 0.6) is 0 Å². The van der Waals surface area contributed by atoms with Crippen molar-refractivity contribution in [3.05, 3.63) is 30.3 Å². The lowest BCUT2D eigenvalue weighted by Gasteiger charge is -2.35. The number of hydrogen-bond donors (Lipinski definition) is 0. The van der Waals surface area contributed by atoms with E-state index in [1.807, 2.05) is 18.2 Å². The molecule has 1 aromatic carbocycles. The molecule has 1 heterocycles. The topological polar surface area (TPSA) is 49.9 Å². The van der Waals surface area contributed by atoms with Gasteiger partial charge in [0.1, 0.15) is 6.42 Å². The van der Waals surface area contributed by atoms with E-state index in [-0.39, 0.29) is 12.2 Å². The van der Waals surface area contributed by atoms with Gasteiger partial charge in [0.25, 0.3) is 0 Å². The third kappa shape index (κ3) is 4.06. The molecule has 0 radical (unpaired) electrons. The van der Waals surface area contributed by atoms with E-state index in [0.29, 0.717) is 6.54 Å². The minimum absolute atomic E-state index is 0.0787. The molecule has 0 amide bonds. The molecule has 5 nitrogen and oxygen atoms in total. The number of benzene rings is 1. The number of carbonyl (C=O) groups is 2. The van der Waals surface area contributed by atoms with Gasteiger partial charge in [-0.2, -0.15) is 0 Å². The molecule has 0 atom stereocenters. The lowest BCUT2D eigenvalue weighted by molar-refractivity contribution is -0.143. The first-order valence-electron chi connectivity index (χ1n) is 6.80. The van der Waals surface area contributed by atoms with E-state index in [9.17, 15) is 9.59 Å². The Morgan fingerprint density at radius 3 is 2.35 bits per heavy atom. The van der Waals surface area contributed by atoms with Crippen molar-refractivity contribution in [2.24, 2.45) is 0 Å². The van der Waals surface area contributed by atoms with Gasteiger partial charge in [0.15, 0.2) is 5.78 Å². The van der Waals surface area contributed by atoms with E-state index in [0.717, 1.165) is 26.2 Å². The quantitative estimate of drug-likeness (QED) is 0.592. The van der Waals surface area contributed by atoms with Crippen LogP contribution in [0.4, 0.5) is 5.69 Å². The summed E-state index contributed by atoms with van der Waals surface area (Å²) in [6.07, 6.45) is -0.130. The van der Waals surface area contributed by atoms with Gasteiger partial charge in [-0.1, -0.05) is 18.2 Å². The van der Waals surface area contributed by atoms with Crippen LogP contribution in [0.2, 0.25) is 0 Å². The van der Waals surface area contributed by atoms with Crippen LogP contribution in [0, 0.1) is 0 Å². The Hall–Kier alpha value is -1.88. The number of esters is 1. The fourth-order valence-corrected chi connectivity index (χ4v) is 2.34. The van der Waals surface area contributed by atoms with Crippen molar-refractivity contribution in [2.75, 3.05) is 44.7 Å². The minimum Gasteiger partial charge on any atom is -0.469 e. The molecule has 0 spiro atoms. The smallest absolute Gasteiger partial charge is 0.313 e. The summed E-state index contributed by atoms with van der Waals surface area (Å²) in [5, 5.41) is 0. The standard InChI is InChI=1S/C15H20N2O3/c1-20-15(19)11-14(18)12-16-7-9-17(10-8-16)13-5-3-2-4-6-13/h2-6H,7-12H2,1H3. The molecular formula is C15H20N2O3. The molecular weight excluding hydrogens is 256 g/mol. The Morgan fingerprint density at radius 2 is 1.75 bits per heavy atom. The monoisotopic (exact) mass is 276 g/mol. The van der Waals surface area contributed by atoms with Crippen LogP contribution >= 0.6 is 0 Å². The van der Waals surface area contributed by atoms with Gasteiger partial charge in [-0.25, -0.2) is 0 Å². The summed E-state index contributed by atoms with van der Waals surface area (Å²) in [7, 11) is 1.30. The van der Waals surface area contributed by atoms with Crippen molar-refractivity contribution in [3.8, 4) is 0 Å². The zero-order chi connectivity index (χ0) is 14.4. The molecule has 0 bridgehead atoms. The molecule has 1 aromatic rings. The molecule has 1 fully saturated rings. The molecule has 0 aliphatic carbocycles. The highest BCUT2D eigenvalue weighted by atomic mass is 16.5. The van der Waals surface area contributed by atoms with E-state index in [1.165, 1.54) is 12.8 Å². The molecule has 0 unspecified atom stereocenters. The fourth-order valence-electron chi connectivity index (χ4n) is 2.34. The molecule has 1 saturated heterocycles. The number of hydrogen-bond acceptors (Lipinski definition) is 5. The second kappa shape index (κ2) is 7.05. The highest BCUT2D eigenvalue weighted by Crippen LogP contribution is 2.15. The Bertz CT molecular complexity index is 453. The predicted octanol–water partition coefficient (Wildman–Crippen LogP) is 0.941.